The Morgan fingerprint density at radius 3 is 2.79 bits per heavy atom. The van der Waals surface area contributed by atoms with Crippen LogP contribution in [-0.4, -0.2) is 39.2 Å². The van der Waals surface area contributed by atoms with Crippen molar-refractivity contribution in [3.05, 3.63) is 24.2 Å². The van der Waals surface area contributed by atoms with Gasteiger partial charge in [0.25, 0.3) is 0 Å². The van der Waals surface area contributed by atoms with E-state index in [1.807, 2.05) is 12.1 Å². The lowest BCUT2D eigenvalue weighted by Crippen LogP contribution is -2.20. The predicted molar refractivity (Wildman–Crippen MR) is 89.5 cm³/mol. The van der Waals surface area contributed by atoms with Crippen molar-refractivity contribution >= 4 is 0 Å². The van der Waals surface area contributed by atoms with Gasteiger partial charge in [0.2, 0.25) is 17.6 Å². The summed E-state index contributed by atoms with van der Waals surface area (Å²) in [6.07, 6.45) is 10.5. The maximum Gasteiger partial charge on any atom is 0.241 e. The quantitative estimate of drug-likeness (QED) is 0.838. The van der Waals surface area contributed by atoms with Crippen molar-refractivity contribution in [2.75, 3.05) is 13.1 Å². The summed E-state index contributed by atoms with van der Waals surface area (Å²) < 4.78 is 11.6. The van der Waals surface area contributed by atoms with Crippen LogP contribution in [0.5, 0.6) is 5.88 Å². The molecule has 2 fully saturated rings. The summed E-state index contributed by atoms with van der Waals surface area (Å²) >= 11 is 0. The van der Waals surface area contributed by atoms with Crippen LogP contribution < -0.4 is 4.74 Å². The summed E-state index contributed by atoms with van der Waals surface area (Å²) in [4.78, 5) is 11.3. The Bertz CT molecular complexity index is 661. The summed E-state index contributed by atoms with van der Waals surface area (Å²) in [5.41, 5.74) is 0.819. The van der Waals surface area contributed by atoms with E-state index < -0.39 is 0 Å². The van der Waals surface area contributed by atoms with Crippen LogP contribution in [0.15, 0.2) is 22.9 Å². The molecule has 1 saturated carbocycles. The minimum Gasteiger partial charge on any atom is -0.474 e. The number of hydrogen-bond acceptors (Lipinski definition) is 6. The summed E-state index contributed by atoms with van der Waals surface area (Å²) in [6, 6.07) is 3.84. The highest BCUT2D eigenvalue weighted by atomic mass is 16.5. The first-order chi connectivity index (χ1) is 11.9. The molecule has 1 aliphatic heterocycles. The van der Waals surface area contributed by atoms with Crippen molar-refractivity contribution in [1.29, 1.82) is 0 Å². The van der Waals surface area contributed by atoms with Crippen molar-refractivity contribution in [3.63, 3.8) is 0 Å². The minimum absolute atomic E-state index is 0.253. The third kappa shape index (κ3) is 3.59. The van der Waals surface area contributed by atoms with E-state index in [0.717, 1.165) is 38.0 Å². The Hall–Kier alpha value is -1.95. The molecule has 6 heteroatoms. The van der Waals surface area contributed by atoms with Crippen LogP contribution in [0.3, 0.4) is 0 Å². The Kier molecular flexibility index (Phi) is 4.74. The second kappa shape index (κ2) is 7.30. The van der Waals surface area contributed by atoms with Crippen LogP contribution in [0.1, 0.15) is 50.8 Å². The third-order valence-electron chi connectivity index (χ3n) is 4.87. The van der Waals surface area contributed by atoms with E-state index in [0.29, 0.717) is 17.6 Å². The summed E-state index contributed by atoms with van der Waals surface area (Å²) in [5.74, 6) is 1.86. The Morgan fingerprint density at radius 1 is 1.12 bits per heavy atom. The molecule has 0 aromatic carbocycles. The second-order valence-electron chi connectivity index (χ2n) is 6.73. The van der Waals surface area contributed by atoms with Crippen LogP contribution in [0.2, 0.25) is 0 Å². The van der Waals surface area contributed by atoms with E-state index in [2.05, 4.69) is 20.0 Å². The molecule has 0 N–H and O–H groups in total. The highest BCUT2D eigenvalue weighted by Crippen LogP contribution is 2.29. The molecule has 1 saturated heterocycles. The van der Waals surface area contributed by atoms with Crippen molar-refractivity contribution < 1.29 is 9.26 Å². The van der Waals surface area contributed by atoms with Gasteiger partial charge in [-0.2, -0.15) is 4.98 Å². The average molecular weight is 328 g/mol. The normalized spacial score (nSPS) is 19.7. The van der Waals surface area contributed by atoms with Crippen molar-refractivity contribution in [2.24, 2.45) is 0 Å². The zero-order chi connectivity index (χ0) is 16.2. The van der Waals surface area contributed by atoms with Gasteiger partial charge in [0.05, 0.1) is 12.1 Å². The number of likely N-dealkylation sites (tertiary alicyclic amines) is 1. The fraction of sp³-hybridized carbons (Fsp3) is 0.611. The molecule has 24 heavy (non-hydrogen) atoms. The van der Waals surface area contributed by atoms with Gasteiger partial charge in [-0.1, -0.05) is 11.6 Å². The van der Waals surface area contributed by atoms with Crippen LogP contribution in [0, 0.1) is 0 Å². The van der Waals surface area contributed by atoms with Gasteiger partial charge in [-0.3, -0.25) is 4.90 Å². The van der Waals surface area contributed by atoms with E-state index in [1.165, 1.54) is 32.1 Å². The lowest BCUT2D eigenvalue weighted by atomic mass is 9.98. The van der Waals surface area contributed by atoms with Gasteiger partial charge in [-0.25, -0.2) is 4.98 Å². The Balaban J connectivity index is 1.49. The van der Waals surface area contributed by atoms with Gasteiger partial charge in [0.15, 0.2) is 0 Å². The van der Waals surface area contributed by atoms with Crippen molar-refractivity contribution in [2.45, 2.75) is 57.6 Å². The molecule has 2 aliphatic rings. The average Bonchev–Trinajstić information content (AvgIpc) is 3.29. The van der Waals surface area contributed by atoms with E-state index in [4.69, 9.17) is 9.26 Å². The van der Waals surface area contributed by atoms with Crippen molar-refractivity contribution in [3.8, 4) is 17.3 Å². The second-order valence-corrected chi connectivity index (χ2v) is 6.73. The van der Waals surface area contributed by atoms with E-state index in [-0.39, 0.29) is 6.10 Å². The van der Waals surface area contributed by atoms with E-state index in [1.54, 1.807) is 6.20 Å². The van der Waals surface area contributed by atoms with Gasteiger partial charge in [-0.15, -0.1) is 0 Å². The zero-order valence-electron chi connectivity index (χ0n) is 14.0. The van der Waals surface area contributed by atoms with Gasteiger partial charge >= 0.3 is 0 Å². The maximum atomic E-state index is 6.14. The largest absolute Gasteiger partial charge is 0.474 e. The summed E-state index contributed by atoms with van der Waals surface area (Å²) in [7, 11) is 0. The Morgan fingerprint density at radius 2 is 1.96 bits per heavy atom. The fourth-order valence-electron chi connectivity index (χ4n) is 3.56. The number of rotatable bonds is 5. The monoisotopic (exact) mass is 328 g/mol. The first kappa shape index (κ1) is 15.6. The number of nitrogens with zero attached hydrogens (tertiary/aromatic N) is 4. The smallest absolute Gasteiger partial charge is 0.241 e. The molecular formula is C18H24N4O2. The maximum absolute atomic E-state index is 6.14. The van der Waals surface area contributed by atoms with Crippen LogP contribution in [-0.2, 0) is 6.54 Å². The predicted octanol–water partition coefficient (Wildman–Crippen LogP) is 3.44. The number of ether oxygens (including phenoxy) is 1. The van der Waals surface area contributed by atoms with Crippen LogP contribution in [0.25, 0.3) is 11.4 Å². The molecule has 3 heterocycles. The molecule has 128 valence electrons. The lowest BCUT2D eigenvalue weighted by Gasteiger charge is -2.22. The third-order valence-corrected chi connectivity index (χ3v) is 4.87. The van der Waals surface area contributed by atoms with Crippen molar-refractivity contribution in [1.82, 2.24) is 20.0 Å². The zero-order valence-corrected chi connectivity index (χ0v) is 14.0. The minimum atomic E-state index is 0.253. The van der Waals surface area contributed by atoms with Gasteiger partial charge < -0.3 is 9.26 Å². The first-order valence-corrected chi connectivity index (χ1v) is 9.05. The summed E-state index contributed by atoms with van der Waals surface area (Å²) in [5, 5.41) is 4.15. The Labute approximate surface area is 142 Å². The molecule has 0 amide bonds. The highest BCUT2D eigenvalue weighted by molar-refractivity contribution is 5.60. The molecular weight excluding hydrogens is 304 g/mol. The standard InChI is InChI=1S/C18H24N4O2/c1-2-7-14(8-3-1)23-18-15(9-6-10-19-18)17-20-16(24-21-17)13-22-11-4-5-12-22/h6,9-10,14H,1-5,7-8,11-13H2. The highest BCUT2D eigenvalue weighted by Gasteiger charge is 2.21. The topological polar surface area (TPSA) is 64.3 Å². The number of hydrogen-bond donors (Lipinski definition) is 0. The molecule has 2 aromatic rings. The molecule has 0 unspecified atom stereocenters. The van der Waals surface area contributed by atoms with E-state index in [9.17, 15) is 0 Å². The van der Waals surface area contributed by atoms with Gasteiger partial charge in [0.1, 0.15) is 6.10 Å². The molecule has 2 aromatic heterocycles. The van der Waals surface area contributed by atoms with Gasteiger partial charge in [-0.05, 0) is 63.7 Å². The number of aromatic nitrogens is 3. The van der Waals surface area contributed by atoms with Crippen LogP contribution >= 0.6 is 0 Å². The number of pyridine rings is 1. The lowest BCUT2D eigenvalue weighted by molar-refractivity contribution is 0.149. The van der Waals surface area contributed by atoms with Gasteiger partial charge in [0, 0.05) is 6.20 Å². The van der Waals surface area contributed by atoms with Crippen LogP contribution in [0.4, 0.5) is 0 Å². The molecule has 0 radical (unpaired) electrons. The fourth-order valence-corrected chi connectivity index (χ4v) is 3.56. The molecule has 0 atom stereocenters. The summed E-state index contributed by atoms with van der Waals surface area (Å²) in [6.45, 7) is 2.95. The molecule has 6 nitrogen and oxygen atoms in total. The molecule has 0 bridgehead atoms. The van der Waals surface area contributed by atoms with E-state index >= 15 is 0 Å². The first-order valence-electron chi connectivity index (χ1n) is 9.05. The molecule has 1 aliphatic carbocycles. The molecule has 4 rings (SSSR count). The molecule has 0 spiro atoms. The SMILES string of the molecule is c1cnc(OC2CCCCC2)c(-c2noc(CN3CCCC3)n2)c1.